The van der Waals surface area contributed by atoms with Crippen LogP contribution in [0.25, 0.3) is 44.5 Å². The third kappa shape index (κ3) is 3.75. The van der Waals surface area contributed by atoms with Crippen LogP contribution in [-0.2, 0) is 16.2 Å². The van der Waals surface area contributed by atoms with Gasteiger partial charge in [0.15, 0.2) is 5.78 Å². The molecule has 1 nitrogen and oxygen atoms in total. The van der Waals surface area contributed by atoms with E-state index in [1.165, 1.54) is 44.5 Å². The van der Waals surface area contributed by atoms with Gasteiger partial charge in [-0.3, -0.25) is 4.79 Å². The summed E-state index contributed by atoms with van der Waals surface area (Å²) < 4.78 is 0. The molecule has 0 aromatic heterocycles. The molecule has 1 heteroatoms. The quantitative estimate of drug-likeness (QED) is 0.192. The van der Waals surface area contributed by atoms with Gasteiger partial charge in [0.1, 0.15) is 0 Å². The van der Waals surface area contributed by atoms with Crippen LogP contribution in [0.4, 0.5) is 0 Å². The van der Waals surface area contributed by atoms with E-state index in [0.717, 1.165) is 44.5 Å². The topological polar surface area (TPSA) is 17.1 Å². The molecule has 0 saturated heterocycles. The lowest BCUT2D eigenvalue weighted by molar-refractivity contribution is 0.103. The van der Waals surface area contributed by atoms with Crippen LogP contribution in [0.15, 0.2) is 121 Å². The highest BCUT2D eigenvalue weighted by Gasteiger charge is 2.39. The fraction of sp³-hybridized carbons (Fsp3) is 0.196. The van der Waals surface area contributed by atoms with Crippen molar-refractivity contribution in [2.24, 2.45) is 0 Å². The van der Waals surface area contributed by atoms with Crippen molar-refractivity contribution in [2.75, 3.05) is 0 Å². The minimum atomic E-state index is -0.293. The third-order valence-corrected chi connectivity index (χ3v) is 11.7. The van der Waals surface area contributed by atoms with Crippen molar-refractivity contribution in [3.8, 4) is 44.5 Å². The maximum absolute atomic E-state index is 14.4. The molecule has 0 aliphatic heterocycles. The monoisotopic (exact) mass is 606 g/mol. The summed E-state index contributed by atoms with van der Waals surface area (Å²) in [5.74, 6) is 0.112. The first kappa shape index (κ1) is 28.2. The van der Waals surface area contributed by atoms with Gasteiger partial charge in [0.05, 0.1) is 0 Å². The van der Waals surface area contributed by atoms with Gasteiger partial charge in [0.2, 0.25) is 0 Å². The average molecular weight is 607 g/mol. The van der Waals surface area contributed by atoms with Crippen molar-refractivity contribution in [2.45, 2.75) is 57.8 Å². The molecule has 0 spiro atoms. The molecule has 0 N–H and O–H groups in total. The van der Waals surface area contributed by atoms with Crippen LogP contribution in [0.5, 0.6) is 0 Å². The fourth-order valence-electron chi connectivity index (χ4n) is 8.97. The molecule has 228 valence electrons. The molecule has 0 saturated carbocycles. The number of rotatable bonds is 2. The number of hydrogen-bond acceptors (Lipinski definition) is 1. The van der Waals surface area contributed by atoms with Gasteiger partial charge in [0.25, 0.3) is 0 Å². The SMILES string of the molecule is CC1(C)c2ccc(-c3ccc4c(c3)C(C)(C)c3ccccc3-4)cc2C(=O)c2cc(-c3ccc4c(c3)C(C)(C)c3ccccc3-4)ccc21. The third-order valence-electron chi connectivity index (χ3n) is 11.7. The van der Waals surface area contributed by atoms with Crippen molar-refractivity contribution in [3.05, 3.63) is 166 Å². The summed E-state index contributed by atoms with van der Waals surface area (Å²) >= 11 is 0. The first-order valence-corrected chi connectivity index (χ1v) is 16.8. The molecule has 47 heavy (non-hydrogen) atoms. The lowest BCUT2D eigenvalue weighted by Gasteiger charge is -2.35. The maximum atomic E-state index is 14.4. The number of carbonyl (C=O) groups is 1. The van der Waals surface area contributed by atoms with Crippen LogP contribution >= 0.6 is 0 Å². The van der Waals surface area contributed by atoms with Crippen LogP contribution in [0.2, 0.25) is 0 Å². The van der Waals surface area contributed by atoms with Gasteiger partial charge in [-0.15, -0.1) is 0 Å². The zero-order valence-electron chi connectivity index (χ0n) is 28.0. The lowest BCUT2D eigenvalue weighted by Crippen LogP contribution is -2.30. The molecule has 0 heterocycles. The Labute approximate surface area is 278 Å². The number of benzene rings is 6. The van der Waals surface area contributed by atoms with E-state index in [2.05, 4.69) is 163 Å². The van der Waals surface area contributed by atoms with Gasteiger partial charge in [0, 0.05) is 27.4 Å². The zero-order chi connectivity index (χ0) is 32.5. The second kappa shape index (κ2) is 9.29. The second-order valence-electron chi connectivity index (χ2n) is 15.3. The van der Waals surface area contributed by atoms with Gasteiger partial charge in [-0.2, -0.15) is 0 Å². The molecular weight excluding hydrogens is 569 g/mol. The Morgan fingerprint density at radius 1 is 0.319 bits per heavy atom. The van der Waals surface area contributed by atoms with E-state index in [1.807, 2.05) is 0 Å². The molecule has 6 aromatic rings. The number of fused-ring (bicyclic) bond motifs is 8. The van der Waals surface area contributed by atoms with Crippen LogP contribution in [0.1, 0.15) is 90.8 Å². The molecular formula is C46H38O. The Morgan fingerprint density at radius 2 is 0.638 bits per heavy atom. The Bertz CT molecular complexity index is 2180. The van der Waals surface area contributed by atoms with Crippen LogP contribution < -0.4 is 0 Å². The van der Waals surface area contributed by atoms with Crippen LogP contribution in [0, 0.1) is 0 Å². The van der Waals surface area contributed by atoms with E-state index in [-0.39, 0.29) is 22.0 Å². The molecule has 0 bridgehead atoms. The zero-order valence-corrected chi connectivity index (χ0v) is 28.0. The predicted molar refractivity (Wildman–Crippen MR) is 194 cm³/mol. The van der Waals surface area contributed by atoms with Gasteiger partial charge in [-0.1, -0.05) is 139 Å². The first-order valence-electron chi connectivity index (χ1n) is 16.8. The van der Waals surface area contributed by atoms with Crippen molar-refractivity contribution in [1.82, 2.24) is 0 Å². The molecule has 0 atom stereocenters. The summed E-state index contributed by atoms with van der Waals surface area (Å²) in [5, 5.41) is 0. The molecule has 0 unspecified atom stereocenters. The minimum absolute atomic E-state index is 0.0706. The Morgan fingerprint density at radius 3 is 1.09 bits per heavy atom. The highest BCUT2D eigenvalue weighted by molar-refractivity contribution is 6.14. The molecule has 3 aliphatic rings. The normalized spacial score (nSPS) is 16.9. The van der Waals surface area contributed by atoms with E-state index in [9.17, 15) is 4.79 Å². The first-order chi connectivity index (χ1) is 22.5. The van der Waals surface area contributed by atoms with Crippen molar-refractivity contribution >= 4 is 5.78 Å². The van der Waals surface area contributed by atoms with E-state index in [0.29, 0.717) is 0 Å². The number of hydrogen-bond donors (Lipinski definition) is 0. The summed E-state index contributed by atoms with van der Waals surface area (Å²) in [4.78, 5) is 14.4. The Kier molecular flexibility index (Phi) is 5.58. The lowest BCUT2D eigenvalue weighted by atomic mass is 9.67. The Balaban J connectivity index is 1.12. The van der Waals surface area contributed by atoms with Crippen LogP contribution in [-0.4, -0.2) is 5.78 Å². The summed E-state index contributed by atoms with van der Waals surface area (Å²) in [6.45, 7) is 13.8. The number of carbonyl (C=O) groups excluding carboxylic acids is 1. The largest absolute Gasteiger partial charge is 0.289 e. The summed E-state index contributed by atoms with van der Waals surface area (Å²) in [5.41, 5.74) is 18.6. The Hall–Kier alpha value is -5.01. The van der Waals surface area contributed by atoms with E-state index >= 15 is 0 Å². The van der Waals surface area contributed by atoms with Gasteiger partial charge in [-0.05, 0) is 102 Å². The minimum Gasteiger partial charge on any atom is -0.289 e. The van der Waals surface area contributed by atoms with Crippen molar-refractivity contribution < 1.29 is 4.79 Å². The van der Waals surface area contributed by atoms with Crippen molar-refractivity contribution in [1.29, 1.82) is 0 Å². The molecule has 6 aromatic carbocycles. The van der Waals surface area contributed by atoms with Crippen molar-refractivity contribution in [3.63, 3.8) is 0 Å². The maximum Gasteiger partial charge on any atom is 0.193 e. The van der Waals surface area contributed by atoms with E-state index in [1.54, 1.807) is 0 Å². The van der Waals surface area contributed by atoms with Gasteiger partial charge >= 0.3 is 0 Å². The standard InChI is InChI=1S/C46H38O/c1-44(2)39-21-17-27(29-15-19-33-31-11-7-9-13-37(31)45(3,4)41(33)25-29)23-35(39)43(47)36-24-28(18-22-40(36)44)30-16-20-34-32-12-8-10-14-38(32)46(5,6)42(34)26-30/h7-26H,1-6H3. The molecule has 0 amide bonds. The molecule has 0 fully saturated rings. The van der Waals surface area contributed by atoms with Gasteiger partial charge < -0.3 is 0 Å². The average Bonchev–Trinajstić information content (AvgIpc) is 3.46. The highest BCUT2D eigenvalue weighted by Crippen LogP contribution is 2.51. The highest BCUT2D eigenvalue weighted by atomic mass is 16.1. The number of ketones is 1. The summed E-state index contributed by atoms with van der Waals surface area (Å²) in [6, 6.07) is 44.2. The fourth-order valence-corrected chi connectivity index (χ4v) is 8.97. The predicted octanol–water partition coefficient (Wildman–Crippen LogP) is 11.5. The van der Waals surface area contributed by atoms with Crippen LogP contribution in [0.3, 0.4) is 0 Å². The summed E-state index contributed by atoms with van der Waals surface area (Å²) in [6.07, 6.45) is 0. The molecule has 3 aliphatic carbocycles. The smallest absolute Gasteiger partial charge is 0.193 e. The van der Waals surface area contributed by atoms with E-state index < -0.39 is 0 Å². The van der Waals surface area contributed by atoms with Gasteiger partial charge in [-0.25, -0.2) is 0 Å². The molecule has 0 radical (unpaired) electrons. The summed E-state index contributed by atoms with van der Waals surface area (Å²) in [7, 11) is 0. The van der Waals surface area contributed by atoms with E-state index in [4.69, 9.17) is 0 Å². The second-order valence-corrected chi connectivity index (χ2v) is 15.3. The molecule has 9 rings (SSSR count).